The van der Waals surface area contributed by atoms with Gasteiger partial charge in [0.05, 0.1) is 11.6 Å². The second kappa shape index (κ2) is 7.98. The molecule has 0 unspecified atom stereocenters. The number of pyridine rings is 1. The Labute approximate surface area is 177 Å². The van der Waals surface area contributed by atoms with Crippen LogP contribution in [0.25, 0.3) is 17.2 Å². The predicted molar refractivity (Wildman–Crippen MR) is 115 cm³/mol. The molecular formula is C26H28FNO2. The Bertz CT molecular complexity index is 954. The molecule has 2 aromatic rings. The second-order valence-corrected chi connectivity index (χ2v) is 9.20. The fourth-order valence-electron chi connectivity index (χ4n) is 6.04. The van der Waals surface area contributed by atoms with Gasteiger partial charge in [-0.3, -0.25) is 9.78 Å². The molecule has 5 rings (SSSR count). The lowest BCUT2D eigenvalue weighted by atomic mass is 9.59. The molecule has 3 fully saturated rings. The first-order valence-corrected chi connectivity index (χ1v) is 11.2. The van der Waals surface area contributed by atoms with Crippen molar-refractivity contribution in [1.82, 2.24) is 4.98 Å². The van der Waals surface area contributed by atoms with Crippen molar-refractivity contribution in [3.63, 3.8) is 0 Å². The lowest BCUT2D eigenvalue weighted by Crippen LogP contribution is -2.43. The molecular weight excluding hydrogens is 377 g/mol. The Morgan fingerprint density at radius 3 is 2.80 bits per heavy atom. The van der Waals surface area contributed by atoms with E-state index in [1.165, 1.54) is 37.8 Å². The second-order valence-electron chi connectivity index (χ2n) is 9.20. The van der Waals surface area contributed by atoms with Crippen molar-refractivity contribution >= 4 is 12.0 Å². The average Bonchev–Trinajstić information content (AvgIpc) is 3.05. The molecule has 0 N–H and O–H groups in total. The molecule has 0 spiro atoms. The Morgan fingerprint density at radius 2 is 2.00 bits per heavy atom. The van der Waals surface area contributed by atoms with E-state index in [2.05, 4.69) is 17.1 Å². The number of hydrogen-bond acceptors (Lipinski definition) is 3. The van der Waals surface area contributed by atoms with Crippen LogP contribution in [-0.4, -0.2) is 17.1 Å². The number of carbonyl (C=O) groups is 1. The topological polar surface area (TPSA) is 39.2 Å². The zero-order valence-electron chi connectivity index (χ0n) is 17.3. The minimum Gasteiger partial charge on any atom is -0.462 e. The highest BCUT2D eigenvalue weighted by Crippen LogP contribution is 2.52. The molecule has 6 atom stereocenters. The fraction of sp³-hybridized carbons (Fsp3) is 0.462. The zero-order chi connectivity index (χ0) is 20.7. The highest BCUT2D eigenvalue weighted by atomic mass is 19.1. The van der Waals surface area contributed by atoms with Crippen LogP contribution in [0.5, 0.6) is 0 Å². The summed E-state index contributed by atoms with van der Waals surface area (Å²) in [5.41, 5.74) is 2.62. The number of carbonyl (C=O) groups excluding carboxylic acids is 1. The van der Waals surface area contributed by atoms with Gasteiger partial charge in [-0.1, -0.05) is 50.5 Å². The van der Waals surface area contributed by atoms with Crippen molar-refractivity contribution in [3.05, 3.63) is 60.2 Å². The third-order valence-corrected chi connectivity index (χ3v) is 7.52. The van der Waals surface area contributed by atoms with Crippen molar-refractivity contribution in [1.29, 1.82) is 0 Å². The van der Waals surface area contributed by atoms with Gasteiger partial charge in [0.1, 0.15) is 11.9 Å². The molecule has 1 aromatic heterocycles. The number of aromatic nitrogens is 1. The molecule has 1 aliphatic heterocycles. The van der Waals surface area contributed by atoms with Gasteiger partial charge in [-0.25, -0.2) is 4.39 Å². The Hall–Kier alpha value is -2.49. The maximum Gasteiger partial charge on any atom is 0.309 e. The van der Waals surface area contributed by atoms with Crippen LogP contribution in [0.15, 0.2) is 48.7 Å². The summed E-state index contributed by atoms with van der Waals surface area (Å²) in [6, 6.07) is 10.5. The van der Waals surface area contributed by atoms with Gasteiger partial charge in [-0.05, 0) is 60.4 Å². The number of fused-ring (bicyclic) bond motifs is 2. The highest BCUT2D eigenvalue weighted by Gasteiger charge is 2.53. The molecule has 0 radical (unpaired) electrons. The zero-order valence-corrected chi connectivity index (χ0v) is 17.3. The molecule has 30 heavy (non-hydrogen) atoms. The van der Waals surface area contributed by atoms with Gasteiger partial charge in [0.2, 0.25) is 0 Å². The summed E-state index contributed by atoms with van der Waals surface area (Å²) >= 11 is 0. The molecule has 1 aromatic carbocycles. The number of benzene rings is 1. The first-order chi connectivity index (χ1) is 14.6. The largest absolute Gasteiger partial charge is 0.462 e. The Kier molecular flexibility index (Phi) is 5.18. The molecule has 2 aliphatic carbocycles. The lowest BCUT2D eigenvalue weighted by Gasteiger charge is -2.46. The quantitative estimate of drug-likeness (QED) is 0.597. The number of allylic oxidation sites excluding steroid dienone is 1. The maximum absolute atomic E-state index is 13.5. The minimum absolute atomic E-state index is 0.0281. The van der Waals surface area contributed by atoms with Crippen LogP contribution in [0, 0.1) is 35.4 Å². The van der Waals surface area contributed by atoms with Crippen molar-refractivity contribution < 1.29 is 13.9 Å². The van der Waals surface area contributed by atoms with Gasteiger partial charge in [0.25, 0.3) is 0 Å². The predicted octanol–water partition coefficient (Wildman–Crippen LogP) is 5.90. The van der Waals surface area contributed by atoms with E-state index >= 15 is 0 Å². The SMILES string of the molecule is C[C@@H]1C(=O)O[C@H]2C[C@@H]3CCCC[C@H]3[C@H](/C=C/c3ccc(-c4cccc(F)c4)cn3)[C@H]21. The minimum atomic E-state index is -0.243. The number of rotatable bonds is 3. The molecule has 4 heteroatoms. The molecule has 0 amide bonds. The van der Waals surface area contributed by atoms with Gasteiger partial charge in [0, 0.05) is 17.7 Å². The van der Waals surface area contributed by atoms with E-state index in [1.807, 2.05) is 25.1 Å². The van der Waals surface area contributed by atoms with E-state index in [4.69, 9.17) is 4.74 Å². The Balaban J connectivity index is 1.39. The smallest absolute Gasteiger partial charge is 0.309 e. The van der Waals surface area contributed by atoms with E-state index < -0.39 is 0 Å². The number of nitrogens with zero attached hydrogens (tertiary/aromatic N) is 1. The van der Waals surface area contributed by atoms with E-state index in [1.54, 1.807) is 12.3 Å². The number of esters is 1. The van der Waals surface area contributed by atoms with Crippen molar-refractivity contribution in [2.45, 2.75) is 45.1 Å². The molecule has 0 bridgehead atoms. The molecule has 2 heterocycles. The van der Waals surface area contributed by atoms with Gasteiger partial charge < -0.3 is 4.74 Å². The summed E-state index contributed by atoms with van der Waals surface area (Å²) in [6.07, 6.45) is 12.4. The van der Waals surface area contributed by atoms with Gasteiger partial charge in [-0.2, -0.15) is 0 Å². The number of hydrogen-bond donors (Lipinski definition) is 0. The van der Waals surface area contributed by atoms with E-state index in [0.29, 0.717) is 17.8 Å². The van der Waals surface area contributed by atoms with E-state index in [9.17, 15) is 9.18 Å². The van der Waals surface area contributed by atoms with Crippen LogP contribution >= 0.6 is 0 Å². The monoisotopic (exact) mass is 405 g/mol. The summed E-state index contributed by atoms with van der Waals surface area (Å²) in [7, 11) is 0. The van der Waals surface area contributed by atoms with Crippen LogP contribution in [0.3, 0.4) is 0 Å². The number of ether oxygens (including phenoxy) is 1. The van der Waals surface area contributed by atoms with Crippen LogP contribution < -0.4 is 0 Å². The number of halogens is 1. The molecule has 2 saturated carbocycles. The average molecular weight is 406 g/mol. The molecule has 1 saturated heterocycles. The van der Waals surface area contributed by atoms with Gasteiger partial charge >= 0.3 is 5.97 Å². The van der Waals surface area contributed by atoms with Crippen LogP contribution in [-0.2, 0) is 9.53 Å². The first kappa shape index (κ1) is 19.5. The van der Waals surface area contributed by atoms with Crippen molar-refractivity contribution in [2.75, 3.05) is 0 Å². The van der Waals surface area contributed by atoms with Crippen LogP contribution in [0.2, 0.25) is 0 Å². The lowest BCUT2D eigenvalue weighted by molar-refractivity contribution is -0.145. The third kappa shape index (κ3) is 3.57. The van der Waals surface area contributed by atoms with Crippen LogP contribution in [0.4, 0.5) is 4.39 Å². The fourth-order valence-corrected chi connectivity index (χ4v) is 6.04. The van der Waals surface area contributed by atoms with Crippen LogP contribution in [0.1, 0.15) is 44.7 Å². The molecule has 3 aliphatic rings. The van der Waals surface area contributed by atoms with Gasteiger partial charge in [0.15, 0.2) is 0 Å². The standard InChI is InChI=1S/C26H28FNO2/c1-16-25-23(22-8-3-2-5-18(22)14-24(25)30-26(16)29)12-11-21-10-9-19(15-28-21)17-6-4-7-20(27)13-17/h4,6-7,9-13,15-16,18,22-25H,2-3,5,8,14H2,1H3/b12-11+/t16-,18-,22+,23-,24-,25+/m0/s1. The third-order valence-electron chi connectivity index (χ3n) is 7.52. The van der Waals surface area contributed by atoms with E-state index in [-0.39, 0.29) is 29.7 Å². The van der Waals surface area contributed by atoms with Crippen molar-refractivity contribution in [2.24, 2.45) is 29.6 Å². The summed E-state index contributed by atoms with van der Waals surface area (Å²) in [6.45, 7) is 2.03. The first-order valence-electron chi connectivity index (χ1n) is 11.2. The van der Waals surface area contributed by atoms with Gasteiger partial charge in [-0.15, -0.1) is 0 Å². The summed E-state index contributed by atoms with van der Waals surface area (Å²) < 4.78 is 19.3. The highest BCUT2D eigenvalue weighted by molar-refractivity contribution is 5.75. The van der Waals surface area contributed by atoms with E-state index in [0.717, 1.165) is 23.2 Å². The molecule has 3 nitrogen and oxygen atoms in total. The maximum atomic E-state index is 13.5. The normalized spacial score (nSPS) is 33.2. The molecule has 156 valence electrons. The summed E-state index contributed by atoms with van der Waals surface area (Å²) in [4.78, 5) is 16.9. The summed E-state index contributed by atoms with van der Waals surface area (Å²) in [5, 5.41) is 0. The Morgan fingerprint density at radius 1 is 1.13 bits per heavy atom. The summed E-state index contributed by atoms with van der Waals surface area (Å²) in [5.74, 6) is 1.64. The van der Waals surface area contributed by atoms with Crippen molar-refractivity contribution in [3.8, 4) is 11.1 Å².